The number of rotatable bonds is 2. The molecule has 0 radical (unpaired) electrons. The highest BCUT2D eigenvalue weighted by molar-refractivity contribution is 7.99. The number of nitrogens with two attached hydrogens (primary N) is 1. The Balaban J connectivity index is 2.65. The van der Waals surface area contributed by atoms with Crippen LogP contribution in [0.4, 0.5) is 18.9 Å². The Kier molecular flexibility index (Phi) is 3.55. The Labute approximate surface area is 88.4 Å². The van der Waals surface area contributed by atoms with Crippen molar-refractivity contribution in [3.05, 3.63) is 23.2 Å². The van der Waals surface area contributed by atoms with Crippen LogP contribution in [0.1, 0.15) is 0 Å². The van der Waals surface area contributed by atoms with Gasteiger partial charge in [-0.15, -0.1) is 11.8 Å². The highest BCUT2D eigenvalue weighted by Gasteiger charge is 2.27. The summed E-state index contributed by atoms with van der Waals surface area (Å²) in [5.74, 6) is -0.923. The van der Waals surface area contributed by atoms with E-state index < -0.39 is 11.9 Å². The van der Waals surface area contributed by atoms with Crippen molar-refractivity contribution in [3.8, 4) is 0 Å². The van der Waals surface area contributed by atoms with E-state index in [1.807, 2.05) is 0 Å². The van der Waals surface area contributed by atoms with Gasteiger partial charge in [-0.05, 0) is 18.2 Å². The van der Waals surface area contributed by atoms with Crippen LogP contribution in [0.3, 0.4) is 0 Å². The van der Waals surface area contributed by atoms with Gasteiger partial charge >= 0.3 is 6.18 Å². The lowest BCUT2D eigenvalue weighted by Gasteiger charge is -2.06. The summed E-state index contributed by atoms with van der Waals surface area (Å²) in [7, 11) is 0. The van der Waals surface area contributed by atoms with E-state index in [9.17, 15) is 13.2 Å². The monoisotopic (exact) mass is 241 g/mol. The van der Waals surface area contributed by atoms with E-state index in [4.69, 9.17) is 17.3 Å². The number of hydrogen-bond donors (Lipinski definition) is 1. The van der Waals surface area contributed by atoms with E-state index in [1.54, 1.807) is 0 Å². The average Bonchev–Trinajstić information content (AvgIpc) is 2.06. The summed E-state index contributed by atoms with van der Waals surface area (Å²) < 4.78 is 35.5. The van der Waals surface area contributed by atoms with Crippen molar-refractivity contribution in [1.29, 1.82) is 0 Å². The number of alkyl halides is 3. The van der Waals surface area contributed by atoms with Crippen molar-refractivity contribution >= 4 is 29.1 Å². The Bertz CT molecular complexity index is 327. The number of anilines is 1. The molecule has 0 atom stereocenters. The summed E-state index contributed by atoms with van der Waals surface area (Å²) in [6, 6.07) is 4.42. The molecule has 0 aliphatic carbocycles. The molecule has 14 heavy (non-hydrogen) atoms. The molecule has 0 saturated heterocycles. The molecular weight excluding hydrogens is 235 g/mol. The summed E-state index contributed by atoms with van der Waals surface area (Å²) in [4.78, 5) is 0.462. The first-order valence-electron chi connectivity index (χ1n) is 3.63. The van der Waals surface area contributed by atoms with Gasteiger partial charge in [0.15, 0.2) is 0 Å². The van der Waals surface area contributed by atoms with Crippen molar-refractivity contribution in [2.45, 2.75) is 11.1 Å². The van der Waals surface area contributed by atoms with Gasteiger partial charge in [-0.25, -0.2) is 0 Å². The number of nitrogen functional groups attached to an aromatic ring is 1. The van der Waals surface area contributed by atoms with Gasteiger partial charge in [-0.1, -0.05) is 11.6 Å². The predicted molar refractivity (Wildman–Crippen MR) is 52.6 cm³/mol. The molecular formula is C8H7ClF3NS. The summed E-state index contributed by atoms with van der Waals surface area (Å²) in [5.41, 5.74) is 5.72. The minimum atomic E-state index is -4.17. The molecule has 2 N–H and O–H groups in total. The summed E-state index contributed by atoms with van der Waals surface area (Å²) in [5, 5.41) is 0.348. The van der Waals surface area contributed by atoms with Gasteiger partial charge in [-0.2, -0.15) is 13.2 Å². The van der Waals surface area contributed by atoms with E-state index in [2.05, 4.69) is 0 Å². The average molecular weight is 242 g/mol. The van der Waals surface area contributed by atoms with Gasteiger partial charge in [0.1, 0.15) is 0 Å². The third kappa shape index (κ3) is 3.67. The van der Waals surface area contributed by atoms with E-state index >= 15 is 0 Å². The van der Waals surface area contributed by atoms with E-state index in [-0.39, 0.29) is 0 Å². The Morgan fingerprint density at radius 2 is 2.00 bits per heavy atom. The van der Waals surface area contributed by atoms with Crippen LogP contribution in [0.25, 0.3) is 0 Å². The fraction of sp³-hybridized carbons (Fsp3) is 0.250. The minimum absolute atomic E-state index is 0.291. The maximum Gasteiger partial charge on any atom is 0.398 e. The third-order valence-electron chi connectivity index (χ3n) is 1.37. The van der Waals surface area contributed by atoms with Gasteiger partial charge in [-0.3, -0.25) is 0 Å². The molecule has 0 fully saturated rings. The van der Waals surface area contributed by atoms with Crippen LogP contribution in [-0.4, -0.2) is 11.9 Å². The molecule has 1 aromatic carbocycles. The second-order valence-electron chi connectivity index (χ2n) is 2.59. The molecule has 78 valence electrons. The Morgan fingerprint density at radius 1 is 1.36 bits per heavy atom. The van der Waals surface area contributed by atoms with Gasteiger partial charge < -0.3 is 5.73 Å². The third-order valence-corrected chi connectivity index (χ3v) is 2.77. The maximum absolute atomic E-state index is 11.8. The first-order chi connectivity index (χ1) is 6.38. The SMILES string of the molecule is Nc1cc(SCC(F)(F)F)ccc1Cl. The second kappa shape index (κ2) is 4.31. The number of hydrogen-bond acceptors (Lipinski definition) is 2. The zero-order chi connectivity index (χ0) is 10.8. The molecule has 0 aromatic heterocycles. The highest BCUT2D eigenvalue weighted by Crippen LogP contribution is 2.30. The van der Waals surface area contributed by atoms with Crippen LogP contribution in [0.2, 0.25) is 5.02 Å². The van der Waals surface area contributed by atoms with Crippen LogP contribution in [0.15, 0.2) is 23.1 Å². The lowest BCUT2D eigenvalue weighted by Crippen LogP contribution is -2.10. The van der Waals surface area contributed by atoms with Crippen molar-refractivity contribution in [2.75, 3.05) is 11.5 Å². The minimum Gasteiger partial charge on any atom is -0.397 e. The molecule has 0 bridgehead atoms. The molecule has 0 aliphatic heterocycles. The topological polar surface area (TPSA) is 26.0 Å². The van der Waals surface area contributed by atoms with Gasteiger partial charge in [0.2, 0.25) is 0 Å². The van der Waals surface area contributed by atoms with Crippen molar-refractivity contribution < 1.29 is 13.2 Å². The van der Waals surface area contributed by atoms with Gasteiger partial charge in [0.25, 0.3) is 0 Å². The predicted octanol–water partition coefficient (Wildman–Crippen LogP) is 3.58. The molecule has 0 amide bonds. The fourth-order valence-electron chi connectivity index (χ4n) is 0.777. The quantitative estimate of drug-likeness (QED) is 0.633. The largest absolute Gasteiger partial charge is 0.398 e. The molecule has 0 unspecified atom stereocenters. The summed E-state index contributed by atoms with van der Waals surface area (Å²) >= 11 is 6.30. The smallest absolute Gasteiger partial charge is 0.397 e. The second-order valence-corrected chi connectivity index (χ2v) is 4.04. The first-order valence-corrected chi connectivity index (χ1v) is 4.99. The van der Waals surface area contributed by atoms with Crippen molar-refractivity contribution in [2.24, 2.45) is 0 Å². The van der Waals surface area contributed by atoms with Crippen LogP contribution < -0.4 is 5.73 Å². The highest BCUT2D eigenvalue weighted by atomic mass is 35.5. The molecule has 0 saturated carbocycles. The van der Waals surface area contributed by atoms with E-state index in [0.717, 1.165) is 0 Å². The lowest BCUT2D eigenvalue weighted by molar-refractivity contribution is -0.105. The molecule has 1 nitrogen and oxygen atoms in total. The molecule has 1 aromatic rings. The van der Waals surface area contributed by atoms with Crippen LogP contribution in [-0.2, 0) is 0 Å². The number of benzene rings is 1. The Morgan fingerprint density at radius 3 is 2.50 bits per heavy atom. The van der Waals surface area contributed by atoms with E-state index in [0.29, 0.717) is 27.4 Å². The normalized spacial score (nSPS) is 11.7. The number of thioether (sulfide) groups is 1. The van der Waals surface area contributed by atoms with Gasteiger partial charge in [0, 0.05) is 4.90 Å². The van der Waals surface area contributed by atoms with E-state index in [1.165, 1.54) is 18.2 Å². The molecule has 0 heterocycles. The summed E-state index contributed by atoms with van der Waals surface area (Å²) in [6.07, 6.45) is -4.17. The lowest BCUT2D eigenvalue weighted by atomic mass is 10.3. The molecule has 0 spiro atoms. The fourth-order valence-corrected chi connectivity index (χ4v) is 1.60. The standard InChI is InChI=1S/C8H7ClF3NS/c9-6-2-1-5(3-7(6)13)14-4-8(10,11)12/h1-3H,4,13H2. The van der Waals surface area contributed by atoms with Crippen molar-refractivity contribution in [3.63, 3.8) is 0 Å². The molecule has 0 aliphatic rings. The van der Waals surface area contributed by atoms with Crippen molar-refractivity contribution in [1.82, 2.24) is 0 Å². The zero-order valence-electron chi connectivity index (χ0n) is 6.94. The van der Waals surface area contributed by atoms with Gasteiger partial charge in [0.05, 0.1) is 16.5 Å². The summed E-state index contributed by atoms with van der Waals surface area (Å²) in [6.45, 7) is 0. The van der Waals surface area contributed by atoms with Crippen LogP contribution in [0.5, 0.6) is 0 Å². The Hall–Kier alpha value is -0.550. The molecule has 1 rings (SSSR count). The first kappa shape index (κ1) is 11.5. The number of halogens is 4. The van der Waals surface area contributed by atoms with Crippen LogP contribution in [0, 0.1) is 0 Å². The maximum atomic E-state index is 11.8. The zero-order valence-corrected chi connectivity index (χ0v) is 8.51. The van der Waals surface area contributed by atoms with Crippen LogP contribution >= 0.6 is 23.4 Å². The molecule has 6 heteroatoms.